The number of piperazine rings is 1. The zero-order valence-corrected chi connectivity index (χ0v) is 16.9. The molecule has 2 aromatic heterocycles. The molecular formula is C17H23ClFN5OS. The summed E-state index contributed by atoms with van der Waals surface area (Å²) >= 11 is 7.45. The average Bonchev–Trinajstić information content (AvgIpc) is 2.77. The molecule has 142 valence electrons. The fraction of sp³-hybridized carbons (Fsp3) is 0.588. The van der Waals surface area contributed by atoms with Gasteiger partial charge in [0, 0.05) is 19.6 Å². The van der Waals surface area contributed by atoms with Crippen molar-refractivity contribution >= 4 is 40.1 Å². The number of rotatable bonds is 2. The Kier molecular flexibility index (Phi) is 6.04. The van der Waals surface area contributed by atoms with Crippen LogP contribution in [-0.4, -0.2) is 52.5 Å². The van der Waals surface area contributed by atoms with Gasteiger partial charge in [-0.2, -0.15) is 4.98 Å². The Morgan fingerprint density at radius 2 is 2.12 bits per heavy atom. The quantitative estimate of drug-likeness (QED) is 0.471. The number of aromatic nitrogens is 3. The third kappa shape index (κ3) is 3.30. The predicted molar refractivity (Wildman–Crippen MR) is 104 cm³/mol. The predicted octanol–water partition coefficient (Wildman–Crippen LogP) is 3.51. The molecule has 2 unspecified atom stereocenters. The first kappa shape index (κ1) is 19.4. The number of nitrogens with zero attached hydrogens (tertiary/aromatic N) is 4. The van der Waals surface area contributed by atoms with Crippen LogP contribution in [0.25, 0.3) is 10.9 Å². The Balaban J connectivity index is 0.000000948. The number of hydrogen-bond acceptors (Lipinski definition) is 7. The van der Waals surface area contributed by atoms with Crippen LogP contribution in [0.2, 0.25) is 5.15 Å². The van der Waals surface area contributed by atoms with Crippen LogP contribution in [0.5, 0.6) is 5.88 Å². The Morgan fingerprint density at radius 3 is 2.85 bits per heavy atom. The highest BCUT2D eigenvalue weighted by Crippen LogP contribution is 2.40. The summed E-state index contributed by atoms with van der Waals surface area (Å²) in [6, 6.07) is 0.0902. The minimum atomic E-state index is -0.623. The molecule has 2 aliphatic rings. The highest BCUT2D eigenvalue weighted by atomic mass is 35.5. The van der Waals surface area contributed by atoms with Gasteiger partial charge in [-0.15, -0.1) is 0 Å². The molecular weight excluding hydrogens is 377 g/mol. The second-order valence-electron chi connectivity index (χ2n) is 5.80. The molecule has 0 spiro atoms. The van der Waals surface area contributed by atoms with Crippen molar-refractivity contribution < 1.29 is 9.13 Å². The number of hydrogen-bond donors (Lipinski definition) is 1. The van der Waals surface area contributed by atoms with E-state index in [4.69, 9.17) is 21.3 Å². The standard InChI is InChI=1S/C15H17ClFN5OS.C2H6/c1-3-24-15-19-11-9-13(21-15)22-5-4-18-6-8(22)7(2)23-14(9)20-12(16)10(11)17;1-2/h7-8,18H,3-6H2,1-2H3;1-2H3. The van der Waals surface area contributed by atoms with Gasteiger partial charge in [0.25, 0.3) is 0 Å². The summed E-state index contributed by atoms with van der Waals surface area (Å²) in [5.41, 5.74) is 0.178. The number of pyridine rings is 1. The third-order valence-electron chi connectivity index (χ3n) is 4.34. The molecule has 2 aliphatic heterocycles. The summed E-state index contributed by atoms with van der Waals surface area (Å²) in [5.74, 6) is 1.17. The molecule has 0 amide bonds. The number of ether oxygens (including phenoxy) is 1. The van der Waals surface area contributed by atoms with Crippen LogP contribution in [0.15, 0.2) is 5.16 Å². The lowest BCUT2D eigenvalue weighted by atomic mass is 10.1. The maximum absolute atomic E-state index is 14.6. The number of anilines is 1. The molecule has 2 aromatic rings. The highest BCUT2D eigenvalue weighted by molar-refractivity contribution is 7.99. The van der Waals surface area contributed by atoms with Crippen LogP contribution in [0.4, 0.5) is 10.2 Å². The van der Waals surface area contributed by atoms with Crippen molar-refractivity contribution in [2.75, 3.05) is 30.3 Å². The van der Waals surface area contributed by atoms with Crippen molar-refractivity contribution in [2.45, 2.75) is 45.0 Å². The van der Waals surface area contributed by atoms with Gasteiger partial charge in [-0.05, 0) is 12.7 Å². The van der Waals surface area contributed by atoms with Gasteiger partial charge in [-0.1, -0.05) is 44.1 Å². The largest absolute Gasteiger partial charge is 0.472 e. The first-order valence-electron chi connectivity index (χ1n) is 8.93. The van der Waals surface area contributed by atoms with E-state index < -0.39 is 5.82 Å². The van der Waals surface area contributed by atoms with Gasteiger partial charge in [0.05, 0.1) is 6.04 Å². The van der Waals surface area contributed by atoms with Crippen LogP contribution < -0.4 is 15.0 Å². The number of nitrogens with one attached hydrogen (secondary N) is 1. The lowest BCUT2D eigenvalue weighted by Gasteiger charge is -2.38. The average molecular weight is 400 g/mol. The molecule has 2 atom stereocenters. The molecule has 1 saturated heterocycles. The Labute approximate surface area is 161 Å². The van der Waals surface area contributed by atoms with E-state index >= 15 is 0 Å². The van der Waals surface area contributed by atoms with Gasteiger partial charge < -0.3 is 15.0 Å². The van der Waals surface area contributed by atoms with E-state index in [0.717, 1.165) is 25.4 Å². The van der Waals surface area contributed by atoms with Crippen LogP contribution in [0, 0.1) is 5.82 Å². The normalized spacial score (nSPS) is 21.4. The highest BCUT2D eigenvalue weighted by Gasteiger charge is 2.36. The van der Waals surface area contributed by atoms with E-state index in [1.54, 1.807) is 0 Å². The Bertz CT molecular complexity index is 809. The van der Waals surface area contributed by atoms with E-state index in [9.17, 15) is 4.39 Å². The summed E-state index contributed by atoms with van der Waals surface area (Å²) < 4.78 is 20.6. The molecule has 0 aliphatic carbocycles. The van der Waals surface area contributed by atoms with Crippen LogP contribution in [0.1, 0.15) is 27.7 Å². The summed E-state index contributed by atoms with van der Waals surface area (Å²) in [6.45, 7) is 10.4. The van der Waals surface area contributed by atoms with Gasteiger partial charge in [-0.25, -0.2) is 14.4 Å². The van der Waals surface area contributed by atoms with E-state index in [2.05, 4.69) is 20.2 Å². The van der Waals surface area contributed by atoms with Crippen LogP contribution in [-0.2, 0) is 0 Å². The minimum absolute atomic E-state index is 0.0902. The number of fused-ring (bicyclic) bond motifs is 2. The fourth-order valence-electron chi connectivity index (χ4n) is 3.23. The Hall–Kier alpha value is -1.38. The minimum Gasteiger partial charge on any atom is -0.472 e. The SMILES string of the molecule is CC.CCSc1nc2c3c(nc(Cl)c(F)c3n1)OC(C)C1CNCCN21. The lowest BCUT2D eigenvalue weighted by molar-refractivity contribution is 0.174. The summed E-state index contributed by atoms with van der Waals surface area (Å²) in [5, 5.41) is 4.20. The lowest BCUT2D eigenvalue weighted by Crippen LogP contribution is -2.56. The van der Waals surface area contributed by atoms with Crippen molar-refractivity contribution in [1.82, 2.24) is 20.3 Å². The van der Waals surface area contributed by atoms with Crippen LogP contribution >= 0.6 is 23.4 Å². The molecule has 4 rings (SSSR count). The van der Waals surface area contributed by atoms with Crippen molar-refractivity contribution in [1.29, 1.82) is 0 Å². The maximum atomic E-state index is 14.6. The van der Waals surface area contributed by atoms with Crippen molar-refractivity contribution in [3.63, 3.8) is 0 Å². The van der Waals surface area contributed by atoms with Gasteiger partial charge in [-0.3, -0.25) is 0 Å². The molecule has 0 radical (unpaired) electrons. The maximum Gasteiger partial charge on any atom is 0.228 e. The van der Waals surface area contributed by atoms with Gasteiger partial charge in [0.15, 0.2) is 16.1 Å². The molecule has 4 heterocycles. The molecule has 9 heteroatoms. The van der Waals surface area contributed by atoms with Crippen molar-refractivity contribution in [3.8, 4) is 5.88 Å². The second-order valence-corrected chi connectivity index (χ2v) is 7.39. The molecule has 0 bridgehead atoms. The smallest absolute Gasteiger partial charge is 0.228 e. The molecule has 1 N–H and O–H groups in total. The molecule has 26 heavy (non-hydrogen) atoms. The summed E-state index contributed by atoms with van der Waals surface area (Å²) in [7, 11) is 0. The first-order valence-corrected chi connectivity index (χ1v) is 10.3. The monoisotopic (exact) mass is 399 g/mol. The van der Waals surface area contributed by atoms with Crippen molar-refractivity contribution in [3.05, 3.63) is 11.0 Å². The van der Waals surface area contributed by atoms with E-state index in [1.165, 1.54) is 11.8 Å². The summed E-state index contributed by atoms with van der Waals surface area (Å²) in [4.78, 5) is 15.3. The first-order chi connectivity index (χ1) is 12.6. The molecule has 0 saturated carbocycles. The summed E-state index contributed by atoms with van der Waals surface area (Å²) in [6.07, 6.45) is -0.133. The van der Waals surface area contributed by atoms with Crippen molar-refractivity contribution in [2.24, 2.45) is 0 Å². The zero-order chi connectivity index (χ0) is 18.8. The molecule has 1 fully saturated rings. The molecule has 6 nitrogen and oxygen atoms in total. The van der Waals surface area contributed by atoms with Gasteiger partial charge in [0.2, 0.25) is 5.88 Å². The second kappa shape index (κ2) is 8.10. The fourth-order valence-corrected chi connectivity index (χ4v) is 3.96. The zero-order valence-electron chi connectivity index (χ0n) is 15.3. The third-order valence-corrected chi connectivity index (χ3v) is 5.32. The number of thioether (sulfide) groups is 1. The van der Waals surface area contributed by atoms with E-state index in [1.807, 2.05) is 27.7 Å². The van der Waals surface area contributed by atoms with Gasteiger partial charge >= 0.3 is 0 Å². The van der Waals surface area contributed by atoms with E-state index in [-0.39, 0.29) is 22.8 Å². The van der Waals surface area contributed by atoms with E-state index in [0.29, 0.717) is 22.2 Å². The number of halogens is 2. The Morgan fingerprint density at radius 1 is 1.35 bits per heavy atom. The van der Waals surface area contributed by atoms with Crippen LogP contribution in [0.3, 0.4) is 0 Å². The molecule has 0 aromatic carbocycles. The topological polar surface area (TPSA) is 63.2 Å². The van der Waals surface area contributed by atoms with Gasteiger partial charge in [0.1, 0.15) is 22.8 Å².